The number of benzene rings is 4. The highest BCUT2D eigenvalue weighted by molar-refractivity contribution is 7.87. The molecular formula is C32H27N7O13S3. The number of aryl methyl sites for hydroxylation is 1. The van der Waals surface area contributed by atoms with Gasteiger partial charge in [-0.1, -0.05) is 18.2 Å². The summed E-state index contributed by atoms with van der Waals surface area (Å²) in [5, 5.41) is 27.5. The van der Waals surface area contributed by atoms with Crippen LogP contribution < -0.4 is 27.6 Å². The number of carbonyl (C=O) groups excluding carboxylic acids is 1. The van der Waals surface area contributed by atoms with Gasteiger partial charge in [-0.05, 0) is 78.7 Å². The standard InChI is InChI=1S/C32H27N7O13S3/c1-15-30(32(43)39(38-15)18-4-6-19(7-5-18)53(44,45)46)37-35-22-10-3-17(13-25(22)41)16-2-9-21(24(40)12-16)34-36-23-11-8-20-26(54(47,48)49)14-27(55(50,51)52)29(33)28(20)31(23)42/h2-14,35-38,41-42H,33H2,1H3,(H,44,45,46)(H,47,48,49)(H,50,51,52)/b34-21-. The zero-order chi connectivity index (χ0) is 40.2. The monoisotopic (exact) mass is 813 g/mol. The Labute approximate surface area is 310 Å². The van der Waals surface area contributed by atoms with E-state index < -0.39 is 68.3 Å². The number of aromatic amines is 1. The Bertz CT molecular complexity index is 2950. The Balaban J connectivity index is 1.18. The number of carbonyl (C=O) groups is 1. The molecule has 0 saturated heterocycles. The molecule has 6 rings (SSSR count). The van der Waals surface area contributed by atoms with Gasteiger partial charge in [-0.2, -0.15) is 30.4 Å². The summed E-state index contributed by atoms with van der Waals surface area (Å²) in [6.45, 7) is 1.59. The first kappa shape index (κ1) is 38.2. The molecule has 0 saturated carbocycles. The van der Waals surface area contributed by atoms with Crippen LogP contribution in [0.2, 0.25) is 0 Å². The molecule has 23 heteroatoms. The van der Waals surface area contributed by atoms with Crippen LogP contribution in [-0.4, -0.2) is 70.4 Å². The Hall–Kier alpha value is -6.50. The summed E-state index contributed by atoms with van der Waals surface area (Å²) >= 11 is 0. The van der Waals surface area contributed by atoms with E-state index in [-0.39, 0.29) is 44.5 Å². The van der Waals surface area contributed by atoms with Crippen molar-refractivity contribution in [2.24, 2.45) is 5.10 Å². The lowest BCUT2D eigenvalue weighted by molar-refractivity contribution is -0.108. The van der Waals surface area contributed by atoms with Crippen LogP contribution in [0.4, 0.5) is 22.7 Å². The number of fused-ring (bicyclic) bond motifs is 1. The van der Waals surface area contributed by atoms with Crippen molar-refractivity contribution < 1.29 is 53.9 Å². The van der Waals surface area contributed by atoms with E-state index in [4.69, 9.17) is 5.73 Å². The fourth-order valence-corrected chi connectivity index (χ4v) is 7.40. The lowest BCUT2D eigenvalue weighted by Crippen LogP contribution is -2.20. The highest BCUT2D eigenvalue weighted by atomic mass is 32.2. The van der Waals surface area contributed by atoms with Crippen molar-refractivity contribution in [3.05, 3.63) is 101 Å². The zero-order valence-electron chi connectivity index (χ0n) is 27.7. The molecule has 4 aromatic carbocycles. The smallest absolute Gasteiger partial charge is 0.296 e. The van der Waals surface area contributed by atoms with E-state index in [0.29, 0.717) is 22.9 Å². The number of phenols is 2. The third-order valence-electron chi connectivity index (χ3n) is 8.17. The minimum absolute atomic E-state index is 0.0671. The molecule has 0 bridgehead atoms. The van der Waals surface area contributed by atoms with Gasteiger partial charge in [-0.3, -0.25) is 44.6 Å². The molecule has 0 atom stereocenters. The summed E-state index contributed by atoms with van der Waals surface area (Å²) in [5.74, 6) is -1.72. The van der Waals surface area contributed by atoms with Gasteiger partial charge < -0.3 is 15.9 Å². The summed E-state index contributed by atoms with van der Waals surface area (Å²) in [7, 11) is -14.6. The number of nitrogens with zero attached hydrogens (tertiary/aromatic N) is 2. The minimum atomic E-state index is -5.11. The molecule has 0 radical (unpaired) electrons. The number of hydrazine groups is 1. The van der Waals surface area contributed by atoms with Crippen LogP contribution >= 0.6 is 0 Å². The van der Waals surface area contributed by atoms with Crippen molar-refractivity contribution in [2.45, 2.75) is 21.6 Å². The summed E-state index contributed by atoms with van der Waals surface area (Å²) in [6, 6.07) is 11.9. The van der Waals surface area contributed by atoms with Crippen LogP contribution in [-0.2, 0) is 35.1 Å². The van der Waals surface area contributed by atoms with E-state index in [9.17, 15) is 58.7 Å². The maximum atomic E-state index is 13.1. The number of aromatic hydroxyl groups is 2. The molecule has 1 aliphatic carbocycles. The second-order valence-electron chi connectivity index (χ2n) is 11.7. The largest absolute Gasteiger partial charge is 0.506 e. The first-order valence-electron chi connectivity index (χ1n) is 15.2. The first-order chi connectivity index (χ1) is 25.6. The average Bonchev–Trinajstić information content (AvgIpc) is 3.38. The molecule has 5 aromatic rings. The number of nitrogens with one attached hydrogen (secondary N) is 4. The maximum absolute atomic E-state index is 13.1. The van der Waals surface area contributed by atoms with Gasteiger partial charge in [-0.25, -0.2) is 4.68 Å². The van der Waals surface area contributed by atoms with Gasteiger partial charge in [0.05, 0.1) is 38.7 Å². The van der Waals surface area contributed by atoms with Crippen LogP contribution in [0.25, 0.3) is 22.0 Å². The van der Waals surface area contributed by atoms with E-state index in [1.54, 1.807) is 13.0 Å². The second kappa shape index (κ2) is 13.7. The fraction of sp³-hybridized carbons (Fsp3) is 0.0312. The Morgan fingerprint density at radius 3 is 2.04 bits per heavy atom. The summed E-state index contributed by atoms with van der Waals surface area (Å²) in [6.07, 6.45) is 4.00. The predicted octanol–water partition coefficient (Wildman–Crippen LogP) is 2.79. The summed E-state index contributed by atoms with van der Waals surface area (Å²) in [4.78, 5) is 23.6. The summed E-state index contributed by atoms with van der Waals surface area (Å²) < 4.78 is 99.8. The van der Waals surface area contributed by atoms with Gasteiger partial charge in [-0.15, -0.1) is 0 Å². The Morgan fingerprint density at radius 1 is 0.782 bits per heavy atom. The predicted molar refractivity (Wildman–Crippen MR) is 199 cm³/mol. The number of rotatable bonds is 10. The number of allylic oxidation sites excluding steroid dienone is 4. The molecular weight excluding hydrogens is 787 g/mol. The van der Waals surface area contributed by atoms with Crippen LogP contribution in [0.1, 0.15) is 11.3 Å². The van der Waals surface area contributed by atoms with Gasteiger partial charge in [0.25, 0.3) is 35.9 Å². The van der Waals surface area contributed by atoms with E-state index in [1.165, 1.54) is 42.5 Å². The van der Waals surface area contributed by atoms with Gasteiger partial charge in [0.1, 0.15) is 26.9 Å². The first-order valence-corrected chi connectivity index (χ1v) is 19.5. The number of hydrogen-bond acceptors (Lipinski definition) is 15. The molecule has 0 spiro atoms. The molecule has 55 heavy (non-hydrogen) atoms. The molecule has 1 heterocycles. The van der Waals surface area contributed by atoms with E-state index >= 15 is 0 Å². The molecule has 286 valence electrons. The summed E-state index contributed by atoms with van der Waals surface area (Å²) in [5.41, 5.74) is 13.6. The van der Waals surface area contributed by atoms with Crippen molar-refractivity contribution >= 4 is 80.9 Å². The number of nitrogens with two attached hydrogens (primary N) is 1. The number of anilines is 4. The molecule has 1 aromatic heterocycles. The molecule has 0 amide bonds. The van der Waals surface area contributed by atoms with Crippen molar-refractivity contribution in [3.63, 3.8) is 0 Å². The van der Waals surface area contributed by atoms with Crippen molar-refractivity contribution in [1.29, 1.82) is 0 Å². The van der Waals surface area contributed by atoms with Gasteiger partial charge in [0.2, 0.25) is 5.78 Å². The Kier molecular flexibility index (Phi) is 9.54. The SMILES string of the molecule is Cc1[nH]n(-c2ccc(S(=O)(=O)O)cc2)c(=O)c1NNc1ccc(C2=CC(=O)/C(=N\Nc3ccc4c(S(=O)(=O)O)cc(S(=O)(=O)O)c(N)c4c3O)C=C2)cc1O. The van der Waals surface area contributed by atoms with Crippen LogP contribution in [0, 0.1) is 6.92 Å². The Morgan fingerprint density at radius 2 is 1.44 bits per heavy atom. The number of aromatic nitrogens is 2. The lowest BCUT2D eigenvalue weighted by atomic mass is 9.97. The highest BCUT2D eigenvalue weighted by Gasteiger charge is 2.27. The lowest BCUT2D eigenvalue weighted by Gasteiger charge is -2.15. The number of hydrogen-bond donors (Lipinski definition) is 10. The van der Waals surface area contributed by atoms with Crippen LogP contribution in [0.3, 0.4) is 0 Å². The van der Waals surface area contributed by atoms with Gasteiger partial charge in [0, 0.05) is 5.39 Å². The normalized spacial score (nSPS) is 14.3. The third-order valence-corrected chi connectivity index (χ3v) is 10.8. The molecule has 0 unspecified atom stereocenters. The minimum Gasteiger partial charge on any atom is -0.506 e. The fourth-order valence-electron chi connectivity index (χ4n) is 5.48. The number of hydrazone groups is 1. The van der Waals surface area contributed by atoms with E-state index in [1.807, 2.05) is 0 Å². The third kappa shape index (κ3) is 7.50. The van der Waals surface area contributed by atoms with Crippen molar-refractivity contribution in [1.82, 2.24) is 9.78 Å². The van der Waals surface area contributed by atoms with E-state index in [2.05, 4.69) is 26.5 Å². The number of phenolic OH excluding ortho intramolecular Hbond substituents is 2. The maximum Gasteiger partial charge on any atom is 0.296 e. The number of nitrogen functional groups attached to an aromatic ring is 1. The average molecular weight is 814 g/mol. The molecule has 11 N–H and O–H groups in total. The van der Waals surface area contributed by atoms with Crippen LogP contribution in [0.15, 0.2) is 103 Å². The molecule has 0 aliphatic heterocycles. The zero-order valence-corrected chi connectivity index (χ0v) is 30.2. The van der Waals surface area contributed by atoms with E-state index in [0.717, 1.165) is 28.9 Å². The van der Waals surface area contributed by atoms with Crippen molar-refractivity contribution in [3.8, 4) is 17.2 Å². The van der Waals surface area contributed by atoms with Gasteiger partial charge >= 0.3 is 0 Å². The van der Waals surface area contributed by atoms with Crippen molar-refractivity contribution in [2.75, 3.05) is 22.0 Å². The molecule has 0 fully saturated rings. The highest BCUT2D eigenvalue weighted by Crippen LogP contribution is 2.42. The topological polar surface area (TPSA) is 333 Å². The molecule has 1 aliphatic rings. The van der Waals surface area contributed by atoms with Gasteiger partial charge in [0.15, 0.2) is 5.75 Å². The second-order valence-corrected chi connectivity index (χ2v) is 15.9. The quantitative estimate of drug-likeness (QED) is 0.0318. The number of H-pyrrole nitrogens is 1. The van der Waals surface area contributed by atoms with Crippen LogP contribution in [0.5, 0.6) is 11.5 Å². The molecule has 20 nitrogen and oxygen atoms in total. The number of ketones is 1.